The number of amides is 2. The van der Waals surface area contributed by atoms with Crippen LogP contribution in [0.25, 0.3) is 10.8 Å². The van der Waals surface area contributed by atoms with Crippen LogP contribution in [0.4, 0.5) is 5.69 Å². The molecule has 0 fully saturated rings. The zero-order chi connectivity index (χ0) is 14.2. The number of fused-ring (bicyclic) bond motifs is 1. The van der Waals surface area contributed by atoms with Crippen LogP contribution >= 0.6 is 0 Å². The van der Waals surface area contributed by atoms with E-state index in [-0.39, 0.29) is 5.56 Å². The second kappa shape index (κ2) is 4.37. The van der Waals surface area contributed by atoms with E-state index in [4.69, 9.17) is 11.5 Å². The van der Waals surface area contributed by atoms with E-state index in [9.17, 15) is 19.7 Å². The Morgan fingerprint density at radius 1 is 1.05 bits per heavy atom. The predicted octanol–water partition coefficient (Wildman–Crippen LogP) is 0.946. The molecule has 4 N–H and O–H groups in total. The van der Waals surface area contributed by atoms with E-state index in [0.29, 0.717) is 10.8 Å². The van der Waals surface area contributed by atoms with Crippen LogP contribution in [0.5, 0.6) is 0 Å². The molecule has 2 rings (SSSR count). The average molecular weight is 259 g/mol. The third kappa shape index (κ3) is 1.97. The lowest BCUT2D eigenvalue weighted by Crippen LogP contribution is -2.22. The Morgan fingerprint density at radius 2 is 1.63 bits per heavy atom. The Kier molecular flexibility index (Phi) is 2.88. The van der Waals surface area contributed by atoms with Gasteiger partial charge in [0.15, 0.2) is 0 Å². The minimum Gasteiger partial charge on any atom is -0.366 e. The number of benzene rings is 2. The number of primary amides is 2. The zero-order valence-corrected chi connectivity index (χ0v) is 9.62. The van der Waals surface area contributed by atoms with Crippen LogP contribution in [0, 0.1) is 10.1 Å². The fourth-order valence-corrected chi connectivity index (χ4v) is 1.98. The molecular weight excluding hydrogens is 250 g/mol. The Morgan fingerprint density at radius 3 is 2.16 bits per heavy atom. The molecule has 7 nitrogen and oxygen atoms in total. The second-order valence-electron chi connectivity index (χ2n) is 3.85. The summed E-state index contributed by atoms with van der Waals surface area (Å²) in [5.74, 6) is -2.00. The minimum atomic E-state index is -1.06. The molecule has 0 unspecified atom stereocenters. The summed E-state index contributed by atoms with van der Waals surface area (Å²) in [6.07, 6.45) is 0. The van der Waals surface area contributed by atoms with Crippen LogP contribution in [-0.4, -0.2) is 16.7 Å². The molecule has 0 spiro atoms. The van der Waals surface area contributed by atoms with Crippen LogP contribution in [-0.2, 0) is 0 Å². The van der Waals surface area contributed by atoms with Crippen LogP contribution in [0.15, 0.2) is 30.3 Å². The highest BCUT2D eigenvalue weighted by molar-refractivity contribution is 6.17. The van der Waals surface area contributed by atoms with E-state index >= 15 is 0 Å². The van der Waals surface area contributed by atoms with E-state index in [1.54, 1.807) is 24.3 Å². The van der Waals surface area contributed by atoms with Gasteiger partial charge in [-0.3, -0.25) is 19.7 Å². The monoisotopic (exact) mass is 259 g/mol. The van der Waals surface area contributed by atoms with Crippen LogP contribution in [0.2, 0.25) is 0 Å². The lowest BCUT2D eigenvalue weighted by atomic mass is 9.96. The fourth-order valence-electron chi connectivity index (χ4n) is 1.98. The first-order chi connectivity index (χ1) is 8.93. The highest BCUT2D eigenvalue weighted by atomic mass is 16.6. The molecule has 0 aromatic heterocycles. The number of carbonyl (C=O) groups excluding carboxylic acids is 2. The van der Waals surface area contributed by atoms with Gasteiger partial charge in [-0.2, -0.15) is 0 Å². The zero-order valence-electron chi connectivity index (χ0n) is 9.62. The van der Waals surface area contributed by atoms with Crippen molar-refractivity contribution in [2.75, 3.05) is 0 Å². The molecule has 96 valence electrons. The quantitative estimate of drug-likeness (QED) is 0.627. The normalized spacial score (nSPS) is 10.3. The lowest BCUT2D eigenvalue weighted by molar-refractivity contribution is -0.385. The van der Waals surface area contributed by atoms with Crippen molar-refractivity contribution < 1.29 is 14.5 Å². The maximum Gasteiger partial charge on any atom is 0.283 e. The molecule has 2 aromatic carbocycles. The molecule has 0 saturated heterocycles. The molecule has 0 aliphatic heterocycles. The van der Waals surface area contributed by atoms with Gasteiger partial charge in [-0.25, -0.2) is 0 Å². The molecule has 0 atom stereocenters. The number of nitro groups is 1. The topological polar surface area (TPSA) is 129 Å². The van der Waals surface area contributed by atoms with E-state index in [2.05, 4.69) is 0 Å². The summed E-state index contributed by atoms with van der Waals surface area (Å²) in [6.45, 7) is 0. The Hall–Kier alpha value is -2.96. The first-order valence-electron chi connectivity index (χ1n) is 5.23. The molecule has 0 radical (unpaired) electrons. The maximum absolute atomic E-state index is 11.5. The summed E-state index contributed by atoms with van der Waals surface area (Å²) in [5.41, 5.74) is 9.13. The van der Waals surface area contributed by atoms with Crippen molar-refractivity contribution in [3.8, 4) is 0 Å². The first kappa shape index (κ1) is 12.5. The predicted molar refractivity (Wildman–Crippen MR) is 67.6 cm³/mol. The summed E-state index contributed by atoms with van der Waals surface area (Å²) >= 11 is 0. The Balaban J connectivity index is 3.04. The van der Waals surface area contributed by atoms with Gasteiger partial charge < -0.3 is 11.5 Å². The summed E-state index contributed by atoms with van der Waals surface area (Å²) in [6, 6.07) is 7.61. The molecule has 0 bridgehead atoms. The number of nitrogens with zero attached hydrogens (tertiary/aromatic N) is 1. The van der Waals surface area contributed by atoms with E-state index in [1.807, 2.05) is 0 Å². The molecule has 0 aliphatic carbocycles. The van der Waals surface area contributed by atoms with Gasteiger partial charge in [0.05, 0.1) is 10.5 Å². The van der Waals surface area contributed by atoms with Gasteiger partial charge in [-0.05, 0) is 10.8 Å². The van der Waals surface area contributed by atoms with Crippen molar-refractivity contribution in [2.45, 2.75) is 0 Å². The van der Waals surface area contributed by atoms with Crippen molar-refractivity contribution >= 4 is 28.3 Å². The standard InChI is InChI=1S/C12H9N3O4/c13-11(16)9-7-4-2-1-3-6(7)5-8(15(18)19)10(9)12(14)17/h1-5H,(H2,13,16)(H2,14,17). The molecule has 0 saturated carbocycles. The smallest absolute Gasteiger partial charge is 0.283 e. The van der Waals surface area contributed by atoms with E-state index < -0.39 is 28.0 Å². The van der Waals surface area contributed by atoms with Crippen molar-refractivity contribution in [2.24, 2.45) is 11.5 Å². The fraction of sp³-hybridized carbons (Fsp3) is 0. The van der Waals surface area contributed by atoms with Gasteiger partial charge >= 0.3 is 0 Å². The lowest BCUT2D eigenvalue weighted by Gasteiger charge is -2.08. The SMILES string of the molecule is NC(=O)c1c([N+](=O)[O-])cc2ccccc2c1C(N)=O. The number of rotatable bonds is 3. The second-order valence-corrected chi connectivity index (χ2v) is 3.85. The van der Waals surface area contributed by atoms with Crippen LogP contribution in [0.1, 0.15) is 20.7 Å². The number of hydrogen-bond donors (Lipinski definition) is 2. The highest BCUT2D eigenvalue weighted by Gasteiger charge is 2.27. The summed E-state index contributed by atoms with van der Waals surface area (Å²) < 4.78 is 0. The van der Waals surface area contributed by atoms with Gasteiger partial charge in [0.2, 0.25) is 5.91 Å². The van der Waals surface area contributed by atoms with E-state index in [0.717, 1.165) is 0 Å². The van der Waals surface area contributed by atoms with Crippen molar-refractivity contribution in [3.05, 3.63) is 51.6 Å². The van der Waals surface area contributed by atoms with Crippen molar-refractivity contribution in [1.29, 1.82) is 0 Å². The first-order valence-corrected chi connectivity index (χ1v) is 5.23. The average Bonchev–Trinajstić information content (AvgIpc) is 2.35. The maximum atomic E-state index is 11.5. The Bertz CT molecular complexity index is 724. The number of nitro benzene ring substituents is 1. The third-order valence-corrected chi connectivity index (χ3v) is 2.72. The molecule has 7 heteroatoms. The molecular formula is C12H9N3O4. The van der Waals surface area contributed by atoms with Crippen molar-refractivity contribution in [1.82, 2.24) is 0 Å². The summed E-state index contributed by atoms with van der Waals surface area (Å²) in [7, 11) is 0. The van der Waals surface area contributed by atoms with Crippen molar-refractivity contribution in [3.63, 3.8) is 0 Å². The largest absolute Gasteiger partial charge is 0.366 e. The number of hydrogen-bond acceptors (Lipinski definition) is 4. The van der Waals surface area contributed by atoms with Gasteiger partial charge in [-0.1, -0.05) is 24.3 Å². The van der Waals surface area contributed by atoms with Gasteiger partial charge in [-0.15, -0.1) is 0 Å². The number of nitrogens with two attached hydrogens (primary N) is 2. The molecule has 19 heavy (non-hydrogen) atoms. The minimum absolute atomic E-state index is 0.225. The summed E-state index contributed by atoms with van der Waals surface area (Å²) in [4.78, 5) is 33.1. The Labute approximate surface area is 106 Å². The van der Waals surface area contributed by atoms with Crippen LogP contribution in [0.3, 0.4) is 0 Å². The molecule has 0 aliphatic rings. The van der Waals surface area contributed by atoms with Gasteiger partial charge in [0, 0.05) is 6.07 Å². The number of carbonyl (C=O) groups is 2. The molecule has 2 aromatic rings. The molecule has 0 heterocycles. The van der Waals surface area contributed by atoms with Gasteiger partial charge in [0.1, 0.15) is 5.56 Å². The highest BCUT2D eigenvalue weighted by Crippen LogP contribution is 2.30. The van der Waals surface area contributed by atoms with E-state index in [1.165, 1.54) is 6.07 Å². The van der Waals surface area contributed by atoms with Gasteiger partial charge in [0.25, 0.3) is 11.6 Å². The molecule has 2 amide bonds. The van der Waals surface area contributed by atoms with Crippen LogP contribution < -0.4 is 11.5 Å². The summed E-state index contributed by atoms with van der Waals surface area (Å²) in [5, 5.41) is 11.8. The third-order valence-electron chi connectivity index (χ3n) is 2.72.